The van der Waals surface area contributed by atoms with Crippen molar-refractivity contribution in [3.8, 4) is 0 Å². The van der Waals surface area contributed by atoms with Gasteiger partial charge in [-0.1, -0.05) is 0 Å². The van der Waals surface area contributed by atoms with Gasteiger partial charge in [0.2, 0.25) is 0 Å². The topological polar surface area (TPSA) is 41.8 Å². The minimum absolute atomic E-state index is 0.833. The molecular formula is C5H8N2. The molecule has 0 unspecified atom stereocenters. The van der Waals surface area contributed by atoms with E-state index in [1.807, 2.05) is 13.1 Å². The van der Waals surface area contributed by atoms with Crippen molar-refractivity contribution in [2.75, 3.05) is 5.73 Å². The van der Waals surface area contributed by atoms with Crippen molar-refractivity contribution in [3.05, 3.63) is 18.0 Å². The zero-order chi connectivity index (χ0) is 5.28. The maximum atomic E-state index is 5.41. The molecule has 0 fully saturated rings. The van der Waals surface area contributed by atoms with E-state index >= 15 is 0 Å². The SMILES string of the molecule is Cc1c[nH]cc1N. The number of nitrogens with two attached hydrogens (primary N) is 1. The molecule has 2 nitrogen and oxygen atoms in total. The predicted molar refractivity (Wildman–Crippen MR) is 29.9 cm³/mol. The fourth-order valence-electron chi connectivity index (χ4n) is 0.454. The van der Waals surface area contributed by atoms with Crippen molar-refractivity contribution in [1.29, 1.82) is 0 Å². The molecule has 2 heteroatoms. The van der Waals surface area contributed by atoms with Crippen molar-refractivity contribution < 1.29 is 0 Å². The first-order chi connectivity index (χ1) is 3.30. The third-order valence-corrected chi connectivity index (χ3v) is 0.994. The van der Waals surface area contributed by atoms with Crippen molar-refractivity contribution in [3.63, 3.8) is 0 Å². The molecular weight excluding hydrogens is 88.1 g/mol. The highest BCUT2D eigenvalue weighted by Gasteiger charge is 1.86. The first-order valence-corrected chi connectivity index (χ1v) is 2.19. The van der Waals surface area contributed by atoms with Gasteiger partial charge in [0.25, 0.3) is 0 Å². The zero-order valence-electron chi connectivity index (χ0n) is 4.23. The van der Waals surface area contributed by atoms with Crippen LogP contribution < -0.4 is 5.73 Å². The molecule has 0 aliphatic rings. The average Bonchev–Trinajstić information content (AvgIpc) is 1.91. The Morgan fingerprint density at radius 3 is 2.43 bits per heavy atom. The molecule has 0 saturated heterocycles. The minimum Gasteiger partial charge on any atom is -0.397 e. The number of nitrogens with one attached hydrogen (secondary N) is 1. The zero-order valence-corrected chi connectivity index (χ0v) is 4.23. The van der Waals surface area contributed by atoms with Crippen LogP contribution in [-0.2, 0) is 0 Å². The number of rotatable bonds is 0. The number of nitrogen functional groups attached to an aromatic ring is 1. The summed E-state index contributed by atoms with van der Waals surface area (Å²) in [5.41, 5.74) is 7.35. The van der Waals surface area contributed by atoms with Gasteiger partial charge in [0.05, 0.1) is 5.69 Å². The van der Waals surface area contributed by atoms with Crippen LogP contribution in [0, 0.1) is 6.92 Å². The van der Waals surface area contributed by atoms with E-state index in [2.05, 4.69) is 4.98 Å². The summed E-state index contributed by atoms with van der Waals surface area (Å²) in [7, 11) is 0. The van der Waals surface area contributed by atoms with Crippen LogP contribution in [0.15, 0.2) is 12.4 Å². The van der Waals surface area contributed by atoms with Gasteiger partial charge in [-0.25, -0.2) is 0 Å². The van der Waals surface area contributed by atoms with Gasteiger partial charge in [0.15, 0.2) is 0 Å². The number of aromatic amines is 1. The Hall–Kier alpha value is -0.920. The van der Waals surface area contributed by atoms with Gasteiger partial charge in [-0.2, -0.15) is 0 Å². The highest BCUT2D eigenvalue weighted by Crippen LogP contribution is 2.04. The fraction of sp³-hybridized carbons (Fsp3) is 0.200. The number of hydrogen-bond donors (Lipinski definition) is 2. The summed E-state index contributed by atoms with van der Waals surface area (Å²) in [5, 5.41) is 0. The van der Waals surface area contributed by atoms with Gasteiger partial charge >= 0.3 is 0 Å². The van der Waals surface area contributed by atoms with Gasteiger partial charge in [0, 0.05) is 12.4 Å². The Balaban J connectivity index is 3.12. The number of anilines is 1. The van der Waals surface area contributed by atoms with Crippen LogP contribution in [0.2, 0.25) is 0 Å². The summed E-state index contributed by atoms with van der Waals surface area (Å²) in [6, 6.07) is 0. The fourth-order valence-corrected chi connectivity index (χ4v) is 0.454. The average molecular weight is 96.1 g/mol. The maximum absolute atomic E-state index is 5.41. The lowest BCUT2D eigenvalue weighted by Gasteiger charge is -1.80. The quantitative estimate of drug-likeness (QED) is 0.495. The Kier molecular flexibility index (Phi) is 0.785. The monoisotopic (exact) mass is 96.1 g/mol. The Labute approximate surface area is 42.3 Å². The smallest absolute Gasteiger partial charge is 0.0521 e. The van der Waals surface area contributed by atoms with E-state index in [-0.39, 0.29) is 0 Å². The number of aromatic nitrogens is 1. The summed E-state index contributed by atoms with van der Waals surface area (Å²) in [5.74, 6) is 0. The van der Waals surface area contributed by atoms with E-state index in [1.165, 1.54) is 0 Å². The van der Waals surface area contributed by atoms with Gasteiger partial charge in [-0.05, 0) is 12.5 Å². The largest absolute Gasteiger partial charge is 0.397 e. The van der Waals surface area contributed by atoms with E-state index in [0.29, 0.717) is 0 Å². The summed E-state index contributed by atoms with van der Waals surface area (Å²) < 4.78 is 0. The maximum Gasteiger partial charge on any atom is 0.0521 e. The molecule has 0 radical (unpaired) electrons. The summed E-state index contributed by atoms with van der Waals surface area (Å²) in [4.78, 5) is 2.87. The third-order valence-electron chi connectivity index (χ3n) is 0.994. The molecule has 7 heavy (non-hydrogen) atoms. The van der Waals surface area contributed by atoms with Crippen molar-refractivity contribution in [2.24, 2.45) is 0 Å². The lowest BCUT2D eigenvalue weighted by Crippen LogP contribution is -1.80. The second-order valence-electron chi connectivity index (χ2n) is 1.59. The Morgan fingerprint density at radius 2 is 2.29 bits per heavy atom. The van der Waals surface area contributed by atoms with E-state index in [9.17, 15) is 0 Å². The molecule has 1 rings (SSSR count). The van der Waals surface area contributed by atoms with E-state index in [0.717, 1.165) is 11.3 Å². The molecule has 0 atom stereocenters. The van der Waals surface area contributed by atoms with E-state index < -0.39 is 0 Å². The molecule has 0 aromatic carbocycles. The van der Waals surface area contributed by atoms with Crippen molar-refractivity contribution in [1.82, 2.24) is 4.98 Å². The van der Waals surface area contributed by atoms with Crippen molar-refractivity contribution >= 4 is 5.69 Å². The molecule has 1 aromatic heterocycles. The van der Waals surface area contributed by atoms with Crippen LogP contribution in [-0.4, -0.2) is 4.98 Å². The van der Waals surface area contributed by atoms with Crippen LogP contribution in [0.4, 0.5) is 5.69 Å². The van der Waals surface area contributed by atoms with Crippen LogP contribution in [0.3, 0.4) is 0 Å². The molecule has 0 aliphatic heterocycles. The first-order valence-electron chi connectivity index (χ1n) is 2.19. The Bertz CT molecular complexity index is 138. The predicted octanol–water partition coefficient (Wildman–Crippen LogP) is 0.905. The normalized spacial score (nSPS) is 9.29. The Morgan fingerprint density at radius 1 is 1.57 bits per heavy atom. The van der Waals surface area contributed by atoms with Crippen LogP contribution in [0.25, 0.3) is 0 Å². The molecule has 0 bridgehead atoms. The van der Waals surface area contributed by atoms with Crippen molar-refractivity contribution in [2.45, 2.75) is 6.92 Å². The van der Waals surface area contributed by atoms with E-state index in [1.54, 1.807) is 6.20 Å². The van der Waals surface area contributed by atoms with Crippen LogP contribution in [0.5, 0.6) is 0 Å². The first kappa shape index (κ1) is 4.24. The lowest BCUT2D eigenvalue weighted by atomic mass is 10.3. The molecule has 0 spiro atoms. The third kappa shape index (κ3) is 0.585. The minimum atomic E-state index is 0.833. The summed E-state index contributed by atoms with van der Waals surface area (Å²) >= 11 is 0. The standard InChI is InChI=1S/C5H8N2/c1-4-2-7-3-5(4)6/h2-3,7H,6H2,1H3. The van der Waals surface area contributed by atoms with Gasteiger partial charge in [-0.15, -0.1) is 0 Å². The number of H-pyrrole nitrogens is 1. The number of hydrogen-bond acceptors (Lipinski definition) is 1. The molecule has 1 heterocycles. The highest BCUT2D eigenvalue weighted by atomic mass is 14.7. The van der Waals surface area contributed by atoms with Crippen LogP contribution in [0.1, 0.15) is 5.56 Å². The lowest BCUT2D eigenvalue weighted by molar-refractivity contribution is 1.39. The molecule has 3 N–H and O–H groups in total. The number of aryl methyl sites for hydroxylation is 1. The molecule has 0 aliphatic carbocycles. The van der Waals surface area contributed by atoms with Gasteiger partial charge in [-0.3, -0.25) is 0 Å². The van der Waals surface area contributed by atoms with E-state index in [4.69, 9.17) is 5.73 Å². The van der Waals surface area contributed by atoms with Gasteiger partial charge in [0.1, 0.15) is 0 Å². The van der Waals surface area contributed by atoms with Crippen LogP contribution >= 0.6 is 0 Å². The summed E-state index contributed by atoms with van der Waals surface area (Å²) in [6.07, 6.45) is 3.64. The second-order valence-corrected chi connectivity index (χ2v) is 1.59. The molecule has 0 saturated carbocycles. The molecule has 1 aromatic rings. The molecule has 0 amide bonds. The van der Waals surface area contributed by atoms with Gasteiger partial charge < -0.3 is 10.7 Å². The summed E-state index contributed by atoms with van der Waals surface area (Å²) in [6.45, 7) is 1.96. The molecule has 38 valence electrons. The highest BCUT2D eigenvalue weighted by molar-refractivity contribution is 5.42. The second kappa shape index (κ2) is 1.30.